The van der Waals surface area contributed by atoms with Gasteiger partial charge in [0.05, 0.1) is 30.9 Å². The summed E-state index contributed by atoms with van der Waals surface area (Å²) in [5, 5.41) is 3.12. The van der Waals surface area contributed by atoms with Crippen molar-refractivity contribution in [2.75, 3.05) is 31.5 Å². The van der Waals surface area contributed by atoms with Crippen LogP contribution in [0.25, 0.3) is 0 Å². The monoisotopic (exact) mass is 392 g/mol. The van der Waals surface area contributed by atoms with Gasteiger partial charge in [-0.1, -0.05) is 6.07 Å². The largest absolute Gasteiger partial charge is 0.459 e. The fraction of sp³-hybridized carbons (Fsp3) is 0.250. The van der Waals surface area contributed by atoms with E-state index in [1.54, 1.807) is 28.1 Å². The van der Waals surface area contributed by atoms with E-state index < -0.39 is 0 Å². The number of hydrogen-bond donors (Lipinski definition) is 1. The van der Waals surface area contributed by atoms with E-state index in [-0.39, 0.29) is 17.5 Å². The summed E-state index contributed by atoms with van der Waals surface area (Å²) >= 11 is 0. The summed E-state index contributed by atoms with van der Waals surface area (Å²) < 4.78 is 5.15. The predicted octanol–water partition coefficient (Wildman–Crippen LogP) is 1.67. The third kappa shape index (κ3) is 4.40. The molecule has 0 radical (unpaired) electrons. The zero-order valence-corrected chi connectivity index (χ0v) is 15.7. The Morgan fingerprint density at radius 2 is 1.72 bits per heavy atom. The molecule has 1 saturated heterocycles. The Labute approximate surface area is 167 Å². The van der Waals surface area contributed by atoms with Gasteiger partial charge in [0, 0.05) is 32.4 Å². The molecule has 3 aromatic heterocycles. The van der Waals surface area contributed by atoms with Crippen molar-refractivity contribution in [3.63, 3.8) is 0 Å². The van der Waals surface area contributed by atoms with Gasteiger partial charge in [-0.05, 0) is 24.3 Å². The van der Waals surface area contributed by atoms with Gasteiger partial charge in [0.1, 0.15) is 11.5 Å². The standard InChI is InChI=1S/C20H20N6O3/c27-19(25-7-9-26(10-8-25)20(28)17-5-3-11-29-17)16-13-24-18(14-22-16)23-12-15-4-1-2-6-21-15/h1-6,11,13-14H,7-10,12H2,(H,23,24). The minimum Gasteiger partial charge on any atom is -0.459 e. The molecule has 9 heteroatoms. The molecule has 0 unspecified atom stereocenters. The molecule has 0 aliphatic carbocycles. The highest BCUT2D eigenvalue weighted by atomic mass is 16.3. The molecule has 29 heavy (non-hydrogen) atoms. The van der Waals surface area contributed by atoms with Gasteiger partial charge in [-0.25, -0.2) is 9.97 Å². The lowest BCUT2D eigenvalue weighted by Crippen LogP contribution is -2.50. The Morgan fingerprint density at radius 3 is 2.34 bits per heavy atom. The topological polar surface area (TPSA) is 104 Å². The lowest BCUT2D eigenvalue weighted by molar-refractivity contribution is 0.0515. The van der Waals surface area contributed by atoms with E-state index in [0.29, 0.717) is 44.3 Å². The summed E-state index contributed by atoms with van der Waals surface area (Å²) in [6.07, 6.45) is 6.20. The van der Waals surface area contributed by atoms with Gasteiger partial charge in [-0.3, -0.25) is 14.6 Å². The van der Waals surface area contributed by atoms with E-state index >= 15 is 0 Å². The number of carbonyl (C=O) groups is 2. The number of piperazine rings is 1. The second-order valence-corrected chi connectivity index (χ2v) is 6.52. The highest BCUT2D eigenvalue weighted by molar-refractivity contribution is 5.93. The normalized spacial score (nSPS) is 13.9. The highest BCUT2D eigenvalue weighted by Gasteiger charge is 2.27. The zero-order valence-electron chi connectivity index (χ0n) is 15.7. The Balaban J connectivity index is 1.30. The Morgan fingerprint density at radius 1 is 0.931 bits per heavy atom. The number of aromatic nitrogens is 3. The number of rotatable bonds is 5. The maximum atomic E-state index is 12.7. The van der Waals surface area contributed by atoms with Gasteiger partial charge in [0.2, 0.25) is 0 Å². The van der Waals surface area contributed by atoms with Crippen LogP contribution >= 0.6 is 0 Å². The molecule has 148 valence electrons. The molecule has 1 N–H and O–H groups in total. The van der Waals surface area contributed by atoms with Crippen LogP contribution in [0, 0.1) is 0 Å². The van der Waals surface area contributed by atoms with Gasteiger partial charge in [0.25, 0.3) is 11.8 Å². The molecule has 0 aromatic carbocycles. The van der Waals surface area contributed by atoms with E-state index in [4.69, 9.17) is 4.42 Å². The van der Waals surface area contributed by atoms with Crippen molar-refractivity contribution in [2.45, 2.75) is 6.54 Å². The van der Waals surface area contributed by atoms with Crippen molar-refractivity contribution in [2.24, 2.45) is 0 Å². The van der Waals surface area contributed by atoms with Crippen molar-refractivity contribution >= 4 is 17.6 Å². The molecule has 1 aliphatic heterocycles. The first-order valence-electron chi connectivity index (χ1n) is 9.28. The number of hydrogen-bond acceptors (Lipinski definition) is 7. The van der Waals surface area contributed by atoms with Crippen LogP contribution in [-0.2, 0) is 6.54 Å². The van der Waals surface area contributed by atoms with Crippen molar-refractivity contribution in [3.8, 4) is 0 Å². The maximum absolute atomic E-state index is 12.7. The summed E-state index contributed by atoms with van der Waals surface area (Å²) in [7, 11) is 0. The molecule has 4 rings (SSSR count). The first kappa shape index (κ1) is 18.6. The summed E-state index contributed by atoms with van der Waals surface area (Å²) in [6.45, 7) is 2.29. The average molecular weight is 392 g/mol. The van der Waals surface area contributed by atoms with E-state index in [2.05, 4.69) is 20.3 Å². The molecule has 0 saturated carbocycles. The van der Waals surface area contributed by atoms with E-state index in [1.807, 2.05) is 18.2 Å². The number of carbonyl (C=O) groups excluding carboxylic acids is 2. The molecule has 1 aliphatic rings. The van der Waals surface area contributed by atoms with Crippen LogP contribution in [-0.4, -0.2) is 62.7 Å². The second-order valence-electron chi connectivity index (χ2n) is 6.52. The van der Waals surface area contributed by atoms with Gasteiger partial charge in [-0.15, -0.1) is 0 Å². The van der Waals surface area contributed by atoms with Crippen molar-refractivity contribution in [1.82, 2.24) is 24.8 Å². The predicted molar refractivity (Wildman–Crippen MR) is 104 cm³/mol. The van der Waals surface area contributed by atoms with Crippen molar-refractivity contribution in [1.29, 1.82) is 0 Å². The van der Waals surface area contributed by atoms with E-state index in [1.165, 1.54) is 18.7 Å². The first-order valence-corrected chi connectivity index (χ1v) is 9.28. The number of nitrogens with zero attached hydrogens (tertiary/aromatic N) is 5. The van der Waals surface area contributed by atoms with E-state index in [9.17, 15) is 9.59 Å². The Hall–Kier alpha value is -3.75. The molecule has 4 heterocycles. The molecule has 0 bridgehead atoms. The molecule has 2 amide bonds. The number of furan rings is 1. The quantitative estimate of drug-likeness (QED) is 0.704. The van der Waals surface area contributed by atoms with Crippen LogP contribution < -0.4 is 5.32 Å². The van der Waals surface area contributed by atoms with Crippen LogP contribution in [0.15, 0.2) is 59.6 Å². The molecular weight excluding hydrogens is 372 g/mol. The molecule has 1 fully saturated rings. The number of pyridine rings is 1. The lowest BCUT2D eigenvalue weighted by Gasteiger charge is -2.34. The lowest BCUT2D eigenvalue weighted by atomic mass is 10.2. The SMILES string of the molecule is O=C(c1cnc(NCc2ccccn2)cn1)N1CCN(C(=O)c2ccco2)CC1. The average Bonchev–Trinajstić information content (AvgIpc) is 3.33. The van der Waals surface area contributed by atoms with Gasteiger partial charge in [-0.2, -0.15) is 0 Å². The summed E-state index contributed by atoms with van der Waals surface area (Å²) in [4.78, 5) is 41.0. The minimum atomic E-state index is -0.195. The van der Waals surface area contributed by atoms with Crippen LogP contribution in [0.3, 0.4) is 0 Å². The minimum absolute atomic E-state index is 0.162. The number of nitrogens with one attached hydrogen (secondary N) is 1. The number of anilines is 1. The van der Waals surface area contributed by atoms with Crippen LogP contribution in [0.2, 0.25) is 0 Å². The highest BCUT2D eigenvalue weighted by Crippen LogP contribution is 2.12. The molecule has 9 nitrogen and oxygen atoms in total. The summed E-state index contributed by atoms with van der Waals surface area (Å²) in [5.74, 6) is 0.523. The summed E-state index contributed by atoms with van der Waals surface area (Å²) in [5.41, 5.74) is 1.16. The smallest absolute Gasteiger partial charge is 0.289 e. The zero-order chi connectivity index (χ0) is 20.1. The molecule has 3 aromatic rings. The first-order chi connectivity index (χ1) is 14.2. The van der Waals surface area contributed by atoms with Gasteiger partial charge in [0.15, 0.2) is 5.76 Å². The van der Waals surface area contributed by atoms with E-state index in [0.717, 1.165) is 5.69 Å². The van der Waals surface area contributed by atoms with Crippen LogP contribution in [0.4, 0.5) is 5.82 Å². The third-order valence-corrected chi connectivity index (χ3v) is 4.63. The third-order valence-electron chi connectivity index (χ3n) is 4.63. The van der Waals surface area contributed by atoms with Crippen LogP contribution in [0.1, 0.15) is 26.7 Å². The number of amides is 2. The van der Waals surface area contributed by atoms with Crippen molar-refractivity contribution < 1.29 is 14.0 Å². The fourth-order valence-electron chi connectivity index (χ4n) is 3.04. The maximum Gasteiger partial charge on any atom is 0.289 e. The molecular formula is C20H20N6O3. The van der Waals surface area contributed by atoms with Gasteiger partial charge < -0.3 is 19.5 Å². The Kier molecular flexibility index (Phi) is 5.46. The Bertz CT molecular complexity index is 952. The molecule has 0 spiro atoms. The fourth-order valence-corrected chi connectivity index (χ4v) is 3.04. The van der Waals surface area contributed by atoms with Gasteiger partial charge >= 0.3 is 0 Å². The van der Waals surface area contributed by atoms with Crippen LogP contribution in [0.5, 0.6) is 0 Å². The second kappa shape index (κ2) is 8.51. The molecule has 0 atom stereocenters. The summed E-state index contributed by atoms with van der Waals surface area (Å²) in [6, 6.07) is 9.00. The van der Waals surface area contributed by atoms with Crippen molar-refractivity contribution in [3.05, 3.63) is 72.3 Å².